The molecule has 0 aliphatic carbocycles. The van der Waals surface area contributed by atoms with Crippen LogP contribution in [0.15, 0.2) is 65.0 Å². The van der Waals surface area contributed by atoms with E-state index in [0.29, 0.717) is 22.6 Å². The van der Waals surface area contributed by atoms with Crippen LogP contribution in [0, 0.1) is 0 Å². The quantitative estimate of drug-likeness (QED) is 0.371. The highest BCUT2D eigenvalue weighted by atomic mass is 16.5. The lowest BCUT2D eigenvalue weighted by atomic mass is 10.2. The average molecular weight is 421 g/mol. The van der Waals surface area contributed by atoms with E-state index in [-0.39, 0.29) is 19.2 Å². The monoisotopic (exact) mass is 421 g/mol. The summed E-state index contributed by atoms with van der Waals surface area (Å²) in [6.07, 6.45) is 2.72. The molecule has 160 valence electrons. The minimum atomic E-state index is -0.447. The zero-order valence-electron chi connectivity index (χ0n) is 17.4. The Morgan fingerprint density at radius 1 is 0.935 bits per heavy atom. The molecule has 0 saturated carbocycles. The van der Waals surface area contributed by atoms with Gasteiger partial charge in [-0.15, -0.1) is 5.10 Å². The zero-order valence-corrected chi connectivity index (χ0v) is 17.4. The van der Waals surface area contributed by atoms with E-state index in [1.165, 1.54) is 6.92 Å². The van der Waals surface area contributed by atoms with Gasteiger partial charge in [-0.3, -0.25) is 9.48 Å². The zero-order chi connectivity index (χ0) is 22.1. The second-order valence-corrected chi connectivity index (χ2v) is 6.74. The van der Waals surface area contributed by atoms with Crippen molar-refractivity contribution < 1.29 is 19.1 Å². The van der Waals surface area contributed by atoms with E-state index in [0.717, 1.165) is 18.5 Å². The van der Waals surface area contributed by atoms with Crippen molar-refractivity contribution in [1.82, 2.24) is 15.0 Å². The maximum Gasteiger partial charge on any atom is 0.338 e. The van der Waals surface area contributed by atoms with Gasteiger partial charge in [-0.05, 0) is 48.4 Å². The van der Waals surface area contributed by atoms with Crippen molar-refractivity contribution in [3.8, 4) is 0 Å². The van der Waals surface area contributed by atoms with Crippen molar-refractivity contribution in [3.05, 3.63) is 71.5 Å². The molecule has 0 bridgehead atoms. The number of rotatable bonds is 9. The molecule has 0 amide bonds. The van der Waals surface area contributed by atoms with Gasteiger partial charge in [0.25, 0.3) is 0 Å². The molecule has 3 aromatic rings. The third-order valence-corrected chi connectivity index (χ3v) is 4.15. The average Bonchev–Trinajstić information content (AvgIpc) is 3.23. The van der Waals surface area contributed by atoms with E-state index in [4.69, 9.17) is 9.47 Å². The highest BCUT2D eigenvalue weighted by molar-refractivity contribution is 5.89. The van der Waals surface area contributed by atoms with E-state index in [2.05, 4.69) is 20.5 Å². The van der Waals surface area contributed by atoms with Gasteiger partial charge in [-0.2, -0.15) is 10.2 Å². The Morgan fingerprint density at radius 2 is 1.58 bits per heavy atom. The van der Waals surface area contributed by atoms with Crippen LogP contribution in [0.5, 0.6) is 0 Å². The van der Waals surface area contributed by atoms with Crippen molar-refractivity contribution in [2.24, 2.45) is 10.2 Å². The summed E-state index contributed by atoms with van der Waals surface area (Å²) in [4.78, 5) is 23.0. The van der Waals surface area contributed by atoms with E-state index in [9.17, 15) is 9.59 Å². The molecule has 0 saturated heterocycles. The molecule has 0 radical (unpaired) electrons. The SMILES string of the molecule is CCCn1cc(COC(=O)c2ccc(/N=N/c3ccc(COC(C)=O)cc3)cc2)nn1. The number of carbonyl (C=O) groups excluding carboxylic acids is 2. The van der Waals surface area contributed by atoms with Crippen molar-refractivity contribution in [3.63, 3.8) is 0 Å². The molecule has 0 N–H and O–H groups in total. The number of aromatic nitrogens is 3. The first-order valence-corrected chi connectivity index (χ1v) is 9.83. The fraction of sp³-hybridized carbons (Fsp3) is 0.273. The van der Waals surface area contributed by atoms with Crippen LogP contribution in [-0.4, -0.2) is 26.9 Å². The van der Waals surface area contributed by atoms with Crippen molar-refractivity contribution in [2.45, 2.75) is 40.0 Å². The number of esters is 2. The molecule has 1 aromatic heterocycles. The molecule has 9 nitrogen and oxygen atoms in total. The molecule has 0 atom stereocenters. The Labute approximate surface area is 179 Å². The number of azo groups is 1. The summed E-state index contributed by atoms with van der Waals surface area (Å²) in [6.45, 7) is 4.48. The van der Waals surface area contributed by atoms with E-state index in [1.807, 2.05) is 19.1 Å². The molecule has 0 aliphatic rings. The molecule has 0 fully saturated rings. The van der Waals surface area contributed by atoms with Crippen molar-refractivity contribution in [2.75, 3.05) is 0 Å². The molecule has 0 aliphatic heterocycles. The molecular weight excluding hydrogens is 398 g/mol. The standard InChI is InChI=1S/C22H23N5O4/c1-3-12-27-13-21(25-26-27)15-31-22(29)18-6-10-20(11-7-18)24-23-19-8-4-17(5-9-19)14-30-16(2)28/h4-11,13H,3,12,14-15H2,1-2H3/b24-23+. The second kappa shape index (κ2) is 10.8. The predicted molar refractivity (Wildman–Crippen MR) is 112 cm³/mol. The fourth-order valence-corrected chi connectivity index (χ4v) is 2.59. The fourth-order valence-electron chi connectivity index (χ4n) is 2.59. The molecule has 1 heterocycles. The number of hydrogen-bond acceptors (Lipinski definition) is 8. The van der Waals surface area contributed by atoms with Gasteiger partial charge in [0.05, 0.1) is 23.1 Å². The number of carbonyl (C=O) groups is 2. The molecule has 31 heavy (non-hydrogen) atoms. The smallest absolute Gasteiger partial charge is 0.338 e. The first-order valence-electron chi connectivity index (χ1n) is 9.83. The van der Waals surface area contributed by atoms with Crippen LogP contribution in [-0.2, 0) is 34.0 Å². The molecular formula is C22H23N5O4. The van der Waals surface area contributed by atoms with Gasteiger partial charge in [-0.1, -0.05) is 24.3 Å². The largest absolute Gasteiger partial charge is 0.461 e. The minimum absolute atomic E-state index is 0.0669. The molecule has 0 unspecified atom stereocenters. The number of ether oxygens (including phenoxy) is 2. The van der Waals surface area contributed by atoms with Gasteiger partial charge in [0, 0.05) is 13.5 Å². The third-order valence-electron chi connectivity index (χ3n) is 4.15. The van der Waals surface area contributed by atoms with Crippen LogP contribution in [0.4, 0.5) is 11.4 Å². The van der Waals surface area contributed by atoms with E-state index >= 15 is 0 Å². The third kappa shape index (κ3) is 6.84. The minimum Gasteiger partial charge on any atom is -0.461 e. The van der Waals surface area contributed by atoms with Gasteiger partial charge in [0.2, 0.25) is 0 Å². The first-order chi connectivity index (χ1) is 15.0. The highest BCUT2D eigenvalue weighted by Crippen LogP contribution is 2.20. The summed E-state index contributed by atoms with van der Waals surface area (Å²) in [5.41, 5.74) is 3.14. The van der Waals surface area contributed by atoms with Gasteiger partial charge in [0.15, 0.2) is 0 Å². The predicted octanol–water partition coefficient (Wildman–Crippen LogP) is 4.52. The lowest BCUT2D eigenvalue weighted by Gasteiger charge is -2.03. The summed E-state index contributed by atoms with van der Waals surface area (Å²) in [7, 11) is 0. The summed E-state index contributed by atoms with van der Waals surface area (Å²) >= 11 is 0. The van der Waals surface area contributed by atoms with Crippen LogP contribution in [0.3, 0.4) is 0 Å². The molecule has 2 aromatic carbocycles. The Bertz CT molecular complexity index is 1040. The summed E-state index contributed by atoms with van der Waals surface area (Å²) in [5.74, 6) is -0.771. The molecule has 9 heteroatoms. The van der Waals surface area contributed by atoms with E-state index < -0.39 is 5.97 Å². The Morgan fingerprint density at radius 3 is 2.19 bits per heavy atom. The lowest BCUT2D eigenvalue weighted by Crippen LogP contribution is -2.05. The first kappa shape index (κ1) is 21.8. The summed E-state index contributed by atoms with van der Waals surface area (Å²) in [5, 5.41) is 16.3. The van der Waals surface area contributed by atoms with Gasteiger partial charge in [0.1, 0.15) is 18.9 Å². The lowest BCUT2D eigenvalue weighted by molar-refractivity contribution is -0.142. The van der Waals surface area contributed by atoms with Crippen LogP contribution < -0.4 is 0 Å². The second-order valence-electron chi connectivity index (χ2n) is 6.74. The van der Waals surface area contributed by atoms with Crippen LogP contribution in [0.25, 0.3) is 0 Å². The van der Waals surface area contributed by atoms with Crippen LogP contribution in [0.2, 0.25) is 0 Å². The normalized spacial score (nSPS) is 10.9. The van der Waals surface area contributed by atoms with Crippen molar-refractivity contribution >= 4 is 23.3 Å². The van der Waals surface area contributed by atoms with Gasteiger partial charge in [-0.25, -0.2) is 4.79 Å². The topological polar surface area (TPSA) is 108 Å². The van der Waals surface area contributed by atoms with Crippen LogP contribution in [0.1, 0.15) is 41.9 Å². The van der Waals surface area contributed by atoms with Crippen LogP contribution >= 0.6 is 0 Å². The van der Waals surface area contributed by atoms with Crippen molar-refractivity contribution in [1.29, 1.82) is 0 Å². The summed E-state index contributed by atoms with van der Waals surface area (Å²) < 4.78 is 11.9. The maximum atomic E-state index is 12.2. The Balaban J connectivity index is 1.51. The number of nitrogens with zero attached hydrogens (tertiary/aromatic N) is 5. The van der Waals surface area contributed by atoms with Gasteiger partial charge >= 0.3 is 11.9 Å². The number of benzene rings is 2. The number of aryl methyl sites for hydroxylation is 1. The number of hydrogen-bond donors (Lipinski definition) is 0. The van der Waals surface area contributed by atoms with Gasteiger partial charge < -0.3 is 9.47 Å². The maximum absolute atomic E-state index is 12.2. The summed E-state index contributed by atoms with van der Waals surface area (Å²) in [6, 6.07) is 13.8. The molecule has 3 rings (SSSR count). The Kier molecular flexibility index (Phi) is 7.58. The highest BCUT2D eigenvalue weighted by Gasteiger charge is 2.09. The molecule has 0 spiro atoms. The van der Waals surface area contributed by atoms with E-state index in [1.54, 1.807) is 47.3 Å². The Hall–Kier alpha value is -3.88.